The Morgan fingerprint density at radius 2 is 2.00 bits per heavy atom. The molecule has 1 heterocycles. The lowest BCUT2D eigenvalue weighted by Crippen LogP contribution is -1.99. The number of ether oxygens (including phenoxy) is 1. The summed E-state index contributed by atoms with van der Waals surface area (Å²) in [5.41, 5.74) is 8.16. The average Bonchev–Trinajstić information content (AvgIpc) is 2.30. The Bertz CT molecular complexity index is 521. The summed E-state index contributed by atoms with van der Waals surface area (Å²) in [5.74, 6) is 0.773. The van der Waals surface area contributed by atoms with Gasteiger partial charge in [0, 0.05) is 11.3 Å². The fourth-order valence-corrected chi connectivity index (χ4v) is 1.94. The fraction of sp³-hybridized carbons (Fsp3) is 0.154. The van der Waals surface area contributed by atoms with E-state index < -0.39 is 0 Å². The summed E-state index contributed by atoms with van der Waals surface area (Å²) >= 11 is 11.7. The van der Waals surface area contributed by atoms with Gasteiger partial charge in [-0.3, -0.25) is 0 Å². The molecule has 5 heteroatoms. The van der Waals surface area contributed by atoms with Crippen molar-refractivity contribution >= 4 is 28.9 Å². The van der Waals surface area contributed by atoms with E-state index in [0.29, 0.717) is 22.6 Å². The Balaban J connectivity index is 2.11. The molecule has 0 aliphatic heterocycles. The Morgan fingerprint density at radius 3 is 2.67 bits per heavy atom. The van der Waals surface area contributed by atoms with Crippen molar-refractivity contribution in [1.82, 2.24) is 4.98 Å². The van der Waals surface area contributed by atoms with Gasteiger partial charge in [0.05, 0.1) is 0 Å². The molecular formula is C13H12Cl2N2O. The van der Waals surface area contributed by atoms with Crippen molar-refractivity contribution in [3.63, 3.8) is 0 Å². The number of nitrogens with two attached hydrogens (primary N) is 1. The topological polar surface area (TPSA) is 48.1 Å². The second kappa shape index (κ2) is 5.46. The molecule has 0 atom stereocenters. The molecule has 1 aromatic carbocycles. The molecule has 0 saturated carbocycles. The van der Waals surface area contributed by atoms with Gasteiger partial charge >= 0.3 is 0 Å². The Kier molecular flexibility index (Phi) is 3.94. The molecule has 0 aliphatic carbocycles. The zero-order chi connectivity index (χ0) is 13.1. The van der Waals surface area contributed by atoms with Gasteiger partial charge in [-0.15, -0.1) is 0 Å². The van der Waals surface area contributed by atoms with Crippen molar-refractivity contribution in [2.24, 2.45) is 0 Å². The second-order valence-electron chi connectivity index (χ2n) is 3.90. The van der Waals surface area contributed by atoms with Crippen LogP contribution in [0.25, 0.3) is 0 Å². The van der Waals surface area contributed by atoms with Crippen LogP contribution in [0, 0.1) is 6.92 Å². The first-order chi connectivity index (χ1) is 8.56. The van der Waals surface area contributed by atoms with E-state index in [2.05, 4.69) is 4.98 Å². The van der Waals surface area contributed by atoms with Crippen molar-refractivity contribution in [1.29, 1.82) is 0 Å². The number of halogens is 2. The van der Waals surface area contributed by atoms with Gasteiger partial charge in [-0.05, 0) is 42.8 Å². The number of aryl methyl sites for hydroxylation is 1. The highest BCUT2D eigenvalue weighted by atomic mass is 35.5. The lowest BCUT2D eigenvalue weighted by atomic mass is 10.2. The number of benzene rings is 1. The van der Waals surface area contributed by atoms with E-state index in [1.165, 1.54) is 0 Å². The van der Waals surface area contributed by atoms with Crippen LogP contribution in [0.1, 0.15) is 11.1 Å². The minimum atomic E-state index is 0.341. The van der Waals surface area contributed by atoms with Crippen molar-refractivity contribution in [3.05, 3.63) is 51.8 Å². The maximum atomic E-state index is 5.97. The average molecular weight is 283 g/mol. The van der Waals surface area contributed by atoms with Gasteiger partial charge in [-0.2, -0.15) is 0 Å². The predicted octanol–water partition coefficient (Wildman–Crippen LogP) is 3.86. The molecule has 0 radical (unpaired) electrons. The number of nitrogen functional groups attached to an aromatic ring is 1. The van der Waals surface area contributed by atoms with Crippen LogP contribution in [-0.4, -0.2) is 4.98 Å². The summed E-state index contributed by atoms with van der Waals surface area (Å²) in [5, 5.41) is 0.725. The molecule has 94 valence electrons. The van der Waals surface area contributed by atoms with E-state index in [1.807, 2.05) is 19.1 Å². The van der Waals surface area contributed by atoms with Gasteiger partial charge in [0.15, 0.2) is 0 Å². The van der Waals surface area contributed by atoms with Crippen LogP contribution in [0.3, 0.4) is 0 Å². The number of pyridine rings is 1. The molecule has 18 heavy (non-hydrogen) atoms. The van der Waals surface area contributed by atoms with E-state index in [1.54, 1.807) is 18.2 Å². The van der Waals surface area contributed by atoms with E-state index in [4.69, 9.17) is 33.7 Å². The van der Waals surface area contributed by atoms with Gasteiger partial charge < -0.3 is 10.5 Å². The van der Waals surface area contributed by atoms with E-state index >= 15 is 0 Å². The lowest BCUT2D eigenvalue weighted by Gasteiger charge is -2.10. The third-order valence-corrected chi connectivity index (χ3v) is 3.01. The van der Waals surface area contributed by atoms with Crippen molar-refractivity contribution < 1.29 is 4.74 Å². The normalized spacial score (nSPS) is 10.4. The monoisotopic (exact) mass is 282 g/mol. The predicted molar refractivity (Wildman–Crippen MR) is 74.2 cm³/mol. The molecule has 2 rings (SSSR count). The van der Waals surface area contributed by atoms with Crippen LogP contribution < -0.4 is 10.5 Å². The number of hydrogen-bond donors (Lipinski definition) is 1. The highest BCUT2D eigenvalue weighted by Gasteiger charge is 2.05. The van der Waals surface area contributed by atoms with Gasteiger partial charge in [0.2, 0.25) is 0 Å². The minimum Gasteiger partial charge on any atom is -0.489 e. The number of anilines is 1. The summed E-state index contributed by atoms with van der Waals surface area (Å²) in [6.07, 6.45) is 0. The highest BCUT2D eigenvalue weighted by molar-refractivity contribution is 6.32. The summed E-state index contributed by atoms with van der Waals surface area (Å²) in [6.45, 7) is 2.28. The van der Waals surface area contributed by atoms with Crippen LogP contribution in [0.4, 0.5) is 5.69 Å². The molecule has 0 amide bonds. The molecule has 3 nitrogen and oxygen atoms in total. The third kappa shape index (κ3) is 3.06. The molecule has 2 aromatic rings. The van der Waals surface area contributed by atoms with Crippen LogP contribution >= 0.6 is 23.2 Å². The van der Waals surface area contributed by atoms with Crippen molar-refractivity contribution in [3.8, 4) is 5.75 Å². The summed E-state index contributed by atoms with van der Waals surface area (Å²) in [6, 6.07) is 8.97. The van der Waals surface area contributed by atoms with Crippen molar-refractivity contribution in [2.75, 3.05) is 5.73 Å². The first kappa shape index (κ1) is 13.0. The molecule has 0 bridgehead atoms. The van der Waals surface area contributed by atoms with Gasteiger partial charge in [0.1, 0.15) is 22.7 Å². The van der Waals surface area contributed by atoms with E-state index in [9.17, 15) is 0 Å². The van der Waals surface area contributed by atoms with Gasteiger partial charge in [0.25, 0.3) is 0 Å². The summed E-state index contributed by atoms with van der Waals surface area (Å²) < 4.78 is 5.68. The van der Waals surface area contributed by atoms with Crippen LogP contribution in [0.5, 0.6) is 5.75 Å². The first-order valence-corrected chi connectivity index (χ1v) is 6.11. The third-order valence-electron chi connectivity index (χ3n) is 2.47. The molecule has 0 saturated heterocycles. The lowest BCUT2D eigenvalue weighted by molar-refractivity contribution is 0.304. The van der Waals surface area contributed by atoms with E-state index in [-0.39, 0.29) is 0 Å². The van der Waals surface area contributed by atoms with Crippen molar-refractivity contribution in [2.45, 2.75) is 13.5 Å². The van der Waals surface area contributed by atoms with Gasteiger partial charge in [-0.1, -0.05) is 23.2 Å². The maximum Gasteiger partial charge on any atom is 0.137 e. The molecule has 0 spiro atoms. The Hall–Kier alpha value is -1.45. The number of nitrogens with zero attached hydrogens (tertiary/aromatic N) is 1. The maximum absolute atomic E-state index is 5.97. The highest BCUT2D eigenvalue weighted by Crippen LogP contribution is 2.23. The molecule has 1 aromatic heterocycles. The summed E-state index contributed by atoms with van der Waals surface area (Å²) in [7, 11) is 0. The fourth-order valence-electron chi connectivity index (χ4n) is 1.54. The largest absolute Gasteiger partial charge is 0.489 e. The zero-order valence-electron chi connectivity index (χ0n) is 9.78. The molecule has 2 N–H and O–H groups in total. The number of hydrogen-bond acceptors (Lipinski definition) is 3. The smallest absolute Gasteiger partial charge is 0.137 e. The second-order valence-corrected chi connectivity index (χ2v) is 4.64. The van der Waals surface area contributed by atoms with Crippen LogP contribution in [0.2, 0.25) is 10.3 Å². The van der Waals surface area contributed by atoms with Gasteiger partial charge in [-0.25, -0.2) is 4.98 Å². The molecule has 0 fully saturated rings. The zero-order valence-corrected chi connectivity index (χ0v) is 11.3. The minimum absolute atomic E-state index is 0.341. The van der Waals surface area contributed by atoms with E-state index in [0.717, 1.165) is 16.9 Å². The quantitative estimate of drug-likeness (QED) is 0.687. The Morgan fingerprint density at radius 1 is 1.22 bits per heavy atom. The molecular weight excluding hydrogens is 271 g/mol. The Labute approximate surface area is 115 Å². The number of aromatic nitrogens is 1. The van der Waals surface area contributed by atoms with Crippen LogP contribution in [0.15, 0.2) is 30.3 Å². The SMILES string of the molecule is Cc1cc(N)ccc1OCc1ccc(Cl)nc1Cl. The molecule has 0 unspecified atom stereocenters. The first-order valence-electron chi connectivity index (χ1n) is 5.36. The number of rotatable bonds is 3. The standard InChI is InChI=1S/C13H12Cl2N2O/c1-8-6-10(16)3-4-11(8)18-7-9-2-5-12(14)17-13(9)15/h2-6H,7,16H2,1H3. The summed E-state index contributed by atoms with van der Waals surface area (Å²) in [4.78, 5) is 3.95. The van der Waals surface area contributed by atoms with Crippen LogP contribution in [-0.2, 0) is 6.61 Å². The molecule has 0 aliphatic rings.